The molecule has 1 atom stereocenters. The predicted molar refractivity (Wildman–Crippen MR) is 65.8 cm³/mol. The molecular formula is C13H19N3O. The van der Waals surface area contributed by atoms with Crippen molar-refractivity contribution in [3.8, 4) is 5.75 Å². The number of nitrogens with zero attached hydrogens (tertiary/aromatic N) is 2. The van der Waals surface area contributed by atoms with Gasteiger partial charge in [0.2, 0.25) is 0 Å². The maximum atomic E-state index is 5.37. The van der Waals surface area contributed by atoms with Gasteiger partial charge in [0.25, 0.3) is 0 Å². The zero-order chi connectivity index (χ0) is 11.8. The van der Waals surface area contributed by atoms with Crippen LogP contribution in [0, 0.1) is 6.92 Å². The topological polar surface area (TPSA) is 51.4 Å². The van der Waals surface area contributed by atoms with Crippen LogP contribution < -0.4 is 10.7 Å². The number of aryl methyl sites for hydroxylation is 2. The van der Waals surface area contributed by atoms with Gasteiger partial charge in [-0.3, -0.25) is 9.88 Å². The molecule has 1 aromatic rings. The van der Waals surface area contributed by atoms with Crippen LogP contribution in [-0.4, -0.2) is 29.0 Å². The first-order valence-corrected chi connectivity index (χ1v) is 6.38. The van der Waals surface area contributed by atoms with Crippen LogP contribution in [0.15, 0.2) is 6.07 Å². The zero-order valence-corrected chi connectivity index (χ0v) is 10.3. The van der Waals surface area contributed by atoms with Crippen molar-refractivity contribution in [2.24, 2.45) is 5.90 Å². The standard InChI is InChI=1S/C13H19N3O/c1-9-7-13(17-14)11-8-10(16-5-2-6-16)3-4-12(11)15-9/h7,10H,2-6,8,14H2,1H3. The lowest BCUT2D eigenvalue weighted by molar-refractivity contribution is 0.106. The second kappa shape index (κ2) is 4.27. The molecule has 4 heteroatoms. The van der Waals surface area contributed by atoms with E-state index in [2.05, 4.69) is 9.88 Å². The number of pyridine rings is 1. The average molecular weight is 233 g/mol. The lowest BCUT2D eigenvalue weighted by atomic mass is 9.88. The summed E-state index contributed by atoms with van der Waals surface area (Å²) < 4.78 is 0. The molecule has 0 bridgehead atoms. The molecule has 0 saturated carbocycles. The monoisotopic (exact) mass is 233 g/mol. The molecule has 0 radical (unpaired) electrons. The van der Waals surface area contributed by atoms with Crippen molar-refractivity contribution in [2.75, 3.05) is 13.1 Å². The van der Waals surface area contributed by atoms with E-state index in [1.165, 1.54) is 37.2 Å². The predicted octanol–water partition coefficient (Wildman–Crippen LogP) is 1.21. The molecule has 92 valence electrons. The third kappa shape index (κ3) is 1.91. The lowest BCUT2D eigenvalue weighted by Gasteiger charge is -2.40. The van der Waals surface area contributed by atoms with Gasteiger partial charge in [-0.2, -0.15) is 5.90 Å². The van der Waals surface area contributed by atoms with Crippen molar-refractivity contribution in [1.29, 1.82) is 0 Å². The minimum atomic E-state index is 0.662. The summed E-state index contributed by atoms with van der Waals surface area (Å²) in [5.41, 5.74) is 3.40. The van der Waals surface area contributed by atoms with Crippen molar-refractivity contribution in [2.45, 2.75) is 38.6 Å². The number of hydrogen-bond donors (Lipinski definition) is 1. The van der Waals surface area contributed by atoms with Gasteiger partial charge in [0, 0.05) is 29.1 Å². The van der Waals surface area contributed by atoms with E-state index in [1.54, 1.807) is 0 Å². The molecule has 3 rings (SSSR count). The average Bonchev–Trinajstić information content (AvgIpc) is 2.26. The molecule has 0 aromatic carbocycles. The number of rotatable bonds is 2. The van der Waals surface area contributed by atoms with E-state index < -0.39 is 0 Å². The second-order valence-electron chi connectivity index (χ2n) is 5.09. The summed E-state index contributed by atoms with van der Waals surface area (Å²) in [6, 6.07) is 2.60. The molecule has 1 aliphatic carbocycles. The maximum absolute atomic E-state index is 5.37. The summed E-state index contributed by atoms with van der Waals surface area (Å²) in [4.78, 5) is 12.2. The smallest absolute Gasteiger partial charge is 0.153 e. The SMILES string of the molecule is Cc1cc(ON)c2c(n1)CCC(N1CCC1)C2. The Labute approximate surface area is 102 Å². The van der Waals surface area contributed by atoms with Gasteiger partial charge in [-0.1, -0.05) is 0 Å². The van der Waals surface area contributed by atoms with Gasteiger partial charge in [-0.05, 0) is 45.7 Å². The quantitative estimate of drug-likeness (QED) is 0.780. The Morgan fingerprint density at radius 2 is 2.29 bits per heavy atom. The first-order chi connectivity index (χ1) is 8.28. The highest BCUT2D eigenvalue weighted by Gasteiger charge is 2.30. The fourth-order valence-electron chi connectivity index (χ4n) is 2.92. The van der Waals surface area contributed by atoms with Gasteiger partial charge >= 0.3 is 0 Å². The Morgan fingerprint density at radius 1 is 1.47 bits per heavy atom. The van der Waals surface area contributed by atoms with Crippen LogP contribution in [0.2, 0.25) is 0 Å². The van der Waals surface area contributed by atoms with Gasteiger partial charge in [-0.25, -0.2) is 0 Å². The molecule has 2 heterocycles. The van der Waals surface area contributed by atoms with Crippen LogP contribution >= 0.6 is 0 Å². The molecule has 1 saturated heterocycles. The summed E-state index contributed by atoms with van der Waals surface area (Å²) in [5.74, 6) is 6.19. The minimum Gasteiger partial charge on any atom is -0.411 e. The van der Waals surface area contributed by atoms with E-state index in [0.717, 1.165) is 24.3 Å². The van der Waals surface area contributed by atoms with E-state index in [-0.39, 0.29) is 0 Å². The van der Waals surface area contributed by atoms with Crippen LogP contribution in [0.5, 0.6) is 5.75 Å². The van der Waals surface area contributed by atoms with Gasteiger partial charge < -0.3 is 4.84 Å². The third-order valence-electron chi connectivity index (χ3n) is 3.99. The largest absolute Gasteiger partial charge is 0.411 e. The van der Waals surface area contributed by atoms with Crippen LogP contribution in [0.25, 0.3) is 0 Å². The molecule has 0 spiro atoms. The van der Waals surface area contributed by atoms with Crippen molar-refractivity contribution < 1.29 is 4.84 Å². The van der Waals surface area contributed by atoms with E-state index in [1.807, 2.05) is 13.0 Å². The molecular weight excluding hydrogens is 214 g/mol. The lowest BCUT2D eigenvalue weighted by Crippen LogP contribution is -2.47. The molecule has 2 aliphatic rings. The van der Waals surface area contributed by atoms with E-state index in [9.17, 15) is 0 Å². The second-order valence-corrected chi connectivity index (χ2v) is 5.09. The normalized spacial score (nSPS) is 24.0. The molecule has 2 N–H and O–H groups in total. The minimum absolute atomic E-state index is 0.662. The molecule has 4 nitrogen and oxygen atoms in total. The first kappa shape index (κ1) is 11.0. The highest BCUT2D eigenvalue weighted by molar-refractivity contribution is 5.40. The summed E-state index contributed by atoms with van der Waals surface area (Å²) in [6.07, 6.45) is 4.65. The highest BCUT2D eigenvalue weighted by Crippen LogP contribution is 2.32. The Hall–Kier alpha value is -1.13. The molecule has 17 heavy (non-hydrogen) atoms. The maximum Gasteiger partial charge on any atom is 0.153 e. The Bertz CT molecular complexity index is 412. The number of fused-ring (bicyclic) bond motifs is 1. The molecule has 1 fully saturated rings. The van der Waals surface area contributed by atoms with Crippen LogP contribution in [0.3, 0.4) is 0 Å². The van der Waals surface area contributed by atoms with E-state index >= 15 is 0 Å². The van der Waals surface area contributed by atoms with Gasteiger partial charge in [0.1, 0.15) is 0 Å². The summed E-state index contributed by atoms with van der Waals surface area (Å²) in [5, 5.41) is 0. The first-order valence-electron chi connectivity index (χ1n) is 6.38. The number of nitrogens with two attached hydrogens (primary N) is 1. The van der Waals surface area contributed by atoms with Crippen molar-refractivity contribution in [3.05, 3.63) is 23.0 Å². The van der Waals surface area contributed by atoms with Gasteiger partial charge in [0.15, 0.2) is 5.75 Å². The third-order valence-corrected chi connectivity index (χ3v) is 3.99. The van der Waals surface area contributed by atoms with E-state index in [4.69, 9.17) is 10.7 Å². The summed E-state index contributed by atoms with van der Waals surface area (Å²) in [7, 11) is 0. The van der Waals surface area contributed by atoms with Crippen LogP contribution in [0.1, 0.15) is 29.8 Å². The van der Waals surface area contributed by atoms with Crippen molar-refractivity contribution >= 4 is 0 Å². The zero-order valence-electron chi connectivity index (χ0n) is 10.3. The van der Waals surface area contributed by atoms with Crippen molar-refractivity contribution in [3.63, 3.8) is 0 Å². The van der Waals surface area contributed by atoms with Gasteiger partial charge in [0.05, 0.1) is 0 Å². The van der Waals surface area contributed by atoms with E-state index in [0.29, 0.717) is 6.04 Å². The van der Waals surface area contributed by atoms with Gasteiger partial charge in [-0.15, -0.1) is 0 Å². The number of aromatic nitrogens is 1. The van der Waals surface area contributed by atoms with Crippen LogP contribution in [-0.2, 0) is 12.8 Å². The highest BCUT2D eigenvalue weighted by atomic mass is 16.6. The molecule has 1 aromatic heterocycles. The fourth-order valence-corrected chi connectivity index (χ4v) is 2.92. The Balaban J connectivity index is 1.89. The Kier molecular flexibility index (Phi) is 2.76. The molecule has 1 aliphatic heterocycles. The number of likely N-dealkylation sites (tertiary alicyclic amines) is 1. The summed E-state index contributed by atoms with van der Waals surface area (Å²) in [6.45, 7) is 4.49. The molecule has 1 unspecified atom stereocenters. The van der Waals surface area contributed by atoms with Crippen LogP contribution in [0.4, 0.5) is 0 Å². The molecule has 0 amide bonds. The van der Waals surface area contributed by atoms with Crippen molar-refractivity contribution in [1.82, 2.24) is 9.88 Å². The number of hydrogen-bond acceptors (Lipinski definition) is 4. The Morgan fingerprint density at radius 3 is 2.94 bits per heavy atom. The summed E-state index contributed by atoms with van der Waals surface area (Å²) >= 11 is 0. The fraction of sp³-hybridized carbons (Fsp3) is 0.615.